The van der Waals surface area contributed by atoms with Gasteiger partial charge < -0.3 is 29.9 Å². The predicted octanol–water partition coefficient (Wildman–Crippen LogP) is 1.72. The summed E-state index contributed by atoms with van der Waals surface area (Å²) in [6, 6.07) is 0. The summed E-state index contributed by atoms with van der Waals surface area (Å²) in [4.78, 5) is 0. The zero-order valence-corrected chi connectivity index (χ0v) is 15.0. The normalized spacial score (nSPS) is 28.4. The minimum absolute atomic E-state index is 0.451. The largest absolute Gasteiger partial charge is 0.394 e. The Labute approximate surface area is 145 Å². The standard InChI is InChI=1S/C18H36O6/c1-2-3-4-5-6-7-8-9-10-11-12-23-18-16(22)15(21)17(24-18)14(20)13-19/h14-22H,2-13H2,1H3/t14-,15-,16+,17-,18-/m1/s1. The fourth-order valence-corrected chi connectivity index (χ4v) is 3.02. The summed E-state index contributed by atoms with van der Waals surface area (Å²) in [5.74, 6) is 0. The zero-order chi connectivity index (χ0) is 17.8. The van der Waals surface area contributed by atoms with Gasteiger partial charge in [0.2, 0.25) is 0 Å². The van der Waals surface area contributed by atoms with Crippen LogP contribution in [0.15, 0.2) is 0 Å². The van der Waals surface area contributed by atoms with E-state index in [4.69, 9.17) is 14.6 Å². The van der Waals surface area contributed by atoms with Crippen molar-refractivity contribution in [1.29, 1.82) is 0 Å². The van der Waals surface area contributed by atoms with E-state index < -0.39 is 37.3 Å². The van der Waals surface area contributed by atoms with Gasteiger partial charge in [-0.2, -0.15) is 0 Å². The van der Waals surface area contributed by atoms with Crippen LogP contribution in [0.5, 0.6) is 0 Å². The molecule has 0 aromatic heterocycles. The second-order valence-electron chi connectivity index (χ2n) is 6.75. The maximum Gasteiger partial charge on any atom is 0.186 e. The lowest BCUT2D eigenvalue weighted by atomic mass is 10.1. The van der Waals surface area contributed by atoms with Crippen LogP contribution in [-0.4, -0.2) is 64.3 Å². The van der Waals surface area contributed by atoms with Gasteiger partial charge in [0.1, 0.15) is 24.4 Å². The van der Waals surface area contributed by atoms with Crippen LogP contribution in [0, 0.1) is 0 Å². The molecule has 5 atom stereocenters. The van der Waals surface area contributed by atoms with E-state index >= 15 is 0 Å². The Kier molecular flexibility index (Phi) is 11.8. The highest BCUT2D eigenvalue weighted by atomic mass is 16.7. The molecule has 1 aliphatic rings. The topological polar surface area (TPSA) is 99.4 Å². The van der Waals surface area contributed by atoms with Gasteiger partial charge in [0.05, 0.1) is 6.61 Å². The highest BCUT2D eigenvalue weighted by Crippen LogP contribution is 2.24. The van der Waals surface area contributed by atoms with E-state index in [1.54, 1.807) is 0 Å². The molecule has 1 saturated heterocycles. The van der Waals surface area contributed by atoms with Crippen molar-refractivity contribution in [2.45, 2.75) is 102 Å². The molecule has 24 heavy (non-hydrogen) atoms. The van der Waals surface area contributed by atoms with E-state index in [1.165, 1.54) is 51.4 Å². The first kappa shape index (κ1) is 21.8. The number of rotatable bonds is 14. The smallest absolute Gasteiger partial charge is 0.186 e. The van der Waals surface area contributed by atoms with E-state index in [0.29, 0.717) is 6.61 Å². The number of unbranched alkanes of at least 4 members (excludes halogenated alkanes) is 9. The van der Waals surface area contributed by atoms with Crippen LogP contribution < -0.4 is 0 Å². The van der Waals surface area contributed by atoms with Gasteiger partial charge in [-0.15, -0.1) is 0 Å². The molecular formula is C18H36O6. The molecule has 144 valence electrons. The molecule has 0 spiro atoms. The highest BCUT2D eigenvalue weighted by Gasteiger charge is 2.46. The SMILES string of the molecule is CCCCCCCCCCCCO[C@@H]1O[C@H]([C@H](O)CO)[C@H](O)[C@@H]1O. The molecule has 0 unspecified atom stereocenters. The molecular weight excluding hydrogens is 312 g/mol. The number of hydrogen-bond acceptors (Lipinski definition) is 6. The molecule has 1 aliphatic heterocycles. The van der Waals surface area contributed by atoms with Crippen LogP contribution in [0.3, 0.4) is 0 Å². The first-order valence-electron chi connectivity index (χ1n) is 9.54. The van der Waals surface area contributed by atoms with Gasteiger partial charge in [-0.05, 0) is 6.42 Å². The van der Waals surface area contributed by atoms with Crippen molar-refractivity contribution >= 4 is 0 Å². The molecule has 1 heterocycles. The van der Waals surface area contributed by atoms with Crippen LogP contribution in [-0.2, 0) is 9.47 Å². The first-order chi connectivity index (χ1) is 11.6. The molecule has 0 aromatic carbocycles. The summed E-state index contributed by atoms with van der Waals surface area (Å²) in [7, 11) is 0. The third kappa shape index (κ3) is 7.76. The van der Waals surface area contributed by atoms with Gasteiger partial charge in [0.25, 0.3) is 0 Å². The average Bonchev–Trinajstić information content (AvgIpc) is 2.87. The van der Waals surface area contributed by atoms with Gasteiger partial charge in [0, 0.05) is 6.61 Å². The quantitative estimate of drug-likeness (QED) is 0.357. The second kappa shape index (κ2) is 13.0. The second-order valence-corrected chi connectivity index (χ2v) is 6.75. The lowest BCUT2D eigenvalue weighted by molar-refractivity contribution is -0.181. The molecule has 0 aliphatic carbocycles. The molecule has 0 saturated carbocycles. The number of aliphatic hydroxyl groups excluding tert-OH is 4. The van der Waals surface area contributed by atoms with Crippen molar-refractivity contribution in [1.82, 2.24) is 0 Å². The summed E-state index contributed by atoms with van der Waals surface area (Å²) < 4.78 is 10.8. The van der Waals surface area contributed by atoms with Crippen LogP contribution in [0.1, 0.15) is 71.1 Å². The lowest BCUT2D eigenvalue weighted by Gasteiger charge is -2.18. The molecule has 6 heteroatoms. The van der Waals surface area contributed by atoms with Crippen LogP contribution in [0.4, 0.5) is 0 Å². The summed E-state index contributed by atoms with van der Waals surface area (Å²) in [5, 5.41) is 38.0. The first-order valence-corrected chi connectivity index (χ1v) is 9.54. The number of ether oxygens (including phenoxy) is 2. The molecule has 0 radical (unpaired) electrons. The van der Waals surface area contributed by atoms with E-state index in [1.807, 2.05) is 0 Å². The Bertz CT molecular complexity index is 301. The minimum Gasteiger partial charge on any atom is -0.394 e. The third-order valence-corrected chi connectivity index (χ3v) is 4.60. The number of hydrogen-bond donors (Lipinski definition) is 4. The van der Waals surface area contributed by atoms with Crippen molar-refractivity contribution in [3.8, 4) is 0 Å². The molecule has 4 N–H and O–H groups in total. The average molecular weight is 348 g/mol. The van der Waals surface area contributed by atoms with Crippen LogP contribution in [0.25, 0.3) is 0 Å². The highest BCUT2D eigenvalue weighted by molar-refractivity contribution is 4.90. The predicted molar refractivity (Wildman–Crippen MR) is 91.6 cm³/mol. The Hall–Kier alpha value is -0.240. The summed E-state index contributed by atoms with van der Waals surface area (Å²) >= 11 is 0. The molecule has 0 aromatic rings. The van der Waals surface area contributed by atoms with Gasteiger partial charge in [-0.3, -0.25) is 0 Å². The van der Waals surface area contributed by atoms with Crippen molar-refractivity contribution in [2.75, 3.05) is 13.2 Å². The fraction of sp³-hybridized carbons (Fsp3) is 1.00. The molecule has 0 bridgehead atoms. The van der Waals surface area contributed by atoms with Crippen molar-refractivity contribution in [3.05, 3.63) is 0 Å². The van der Waals surface area contributed by atoms with Crippen LogP contribution >= 0.6 is 0 Å². The fourth-order valence-electron chi connectivity index (χ4n) is 3.02. The van der Waals surface area contributed by atoms with Gasteiger partial charge >= 0.3 is 0 Å². The minimum atomic E-state index is -1.25. The van der Waals surface area contributed by atoms with E-state index in [9.17, 15) is 15.3 Å². The van der Waals surface area contributed by atoms with E-state index in [2.05, 4.69) is 6.92 Å². The zero-order valence-electron chi connectivity index (χ0n) is 15.0. The Morgan fingerprint density at radius 3 is 1.96 bits per heavy atom. The summed E-state index contributed by atoms with van der Waals surface area (Å²) in [6.07, 6.45) is 6.72. The van der Waals surface area contributed by atoms with Gasteiger partial charge in [0.15, 0.2) is 6.29 Å². The maximum absolute atomic E-state index is 9.84. The molecule has 1 fully saturated rings. The molecule has 6 nitrogen and oxygen atoms in total. The maximum atomic E-state index is 9.84. The van der Waals surface area contributed by atoms with E-state index in [0.717, 1.165) is 12.8 Å². The third-order valence-electron chi connectivity index (χ3n) is 4.60. The van der Waals surface area contributed by atoms with Gasteiger partial charge in [-0.25, -0.2) is 0 Å². The van der Waals surface area contributed by atoms with Crippen molar-refractivity contribution in [2.24, 2.45) is 0 Å². The van der Waals surface area contributed by atoms with Crippen molar-refractivity contribution < 1.29 is 29.9 Å². The monoisotopic (exact) mass is 348 g/mol. The Morgan fingerprint density at radius 1 is 0.875 bits per heavy atom. The molecule has 0 amide bonds. The van der Waals surface area contributed by atoms with Gasteiger partial charge in [-0.1, -0.05) is 64.7 Å². The summed E-state index contributed by atoms with van der Waals surface area (Å²) in [6.45, 7) is 2.15. The number of aliphatic hydroxyl groups is 4. The van der Waals surface area contributed by atoms with Crippen molar-refractivity contribution in [3.63, 3.8) is 0 Å². The Morgan fingerprint density at radius 2 is 1.42 bits per heavy atom. The lowest BCUT2D eigenvalue weighted by Crippen LogP contribution is -2.40. The van der Waals surface area contributed by atoms with Crippen LogP contribution in [0.2, 0.25) is 0 Å². The Balaban J connectivity index is 1.99. The summed E-state index contributed by atoms with van der Waals surface area (Å²) in [5.41, 5.74) is 0. The molecule has 1 rings (SSSR count). The van der Waals surface area contributed by atoms with E-state index in [-0.39, 0.29) is 0 Å².